The van der Waals surface area contributed by atoms with E-state index >= 15 is 0 Å². The Balaban J connectivity index is 1.37. The Kier molecular flexibility index (Phi) is 6.92. The molecule has 0 N–H and O–H groups in total. The number of benzene rings is 1. The highest BCUT2D eigenvalue weighted by Gasteiger charge is 2.31. The van der Waals surface area contributed by atoms with Crippen molar-refractivity contribution in [1.82, 2.24) is 19.9 Å². The van der Waals surface area contributed by atoms with Gasteiger partial charge >= 0.3 is 6.18 Å². The third kappa shape index (κ3) is 5.41. The van der Waals surface area contributed by atoms with Crippen molar-refractivity contribution < 1.29 is 27.3 Å². The predicted molar refractivity (Wildman–Crippen MR) is 118 cm³/mol. The maximum absolute atomic E-state index is 13.1. The van der Waals surface area contributed by atoms with Crippen LogP contribution in [0.2, 0.25) is 0 Å². The van der Waals surface area contributed by atoms with Gasteiger partial charge < -0.3 is 14.3 Å². The molecule has 0 unspecified atom stereocenters. The molecular formula is C23H21F3N4O3S. The van der Waals surface area contributed by atoms with Gasteiger partial charge in [0.05, 0.1) is 16.8 Å². The number of alkyl halides is 3. The van der Waals surface area contributed by atoms with Crippen LogP contribution in [0, 0.1) is 6.92 Å². The molecule has 0 bridgehead atoms. The molecule has 11 heteroatoms. The van der Waals surface area contributed by atoms with Crippen molar-refractivity contribution in [2.24, 2.45) is 0 Å². The fourth-order valence-electron chi connectivity index (χ4n) is 3.56. The third-order valence-electron chi connectivity index (χ3n) is 5.35. The molecule has 1 saturated heterocycles. The van der Waals surface area contributed by atoms with Crippen molar-refractivity contribution in [2.45, 2.75) is 23.9 Å². The van der Waals surface area contributed by atoms with Crippen LogP contribution in [0.15, 0.2) is 58.2 Å². The summed E-state index contributed by atoms with van der Waals surface area (Å²) in [4.78, 5) is 33.4. The van der Waals surface area contributed by atoms with Crippen LogP contribution in [0.1, 0.15) is 37.7 Å². The van der Waals surface area contributed by atoms with Gasteiger partial charge in [0.2, 0.25) is 0 Å². The number of rotatable bonds is 5. The van der Waals surface area contributed by atoms with E-state index in [0.29, 0.717) is 35.2 Å². The molecule has 2 amide bonds. The summed E-state index contributed by atoms with van der Waals surface area (Å²) in [7, 11) is 0. The zero-order valence-electron chi connectivity index (χ0n) is 18.2. The molecule has 2 aromatic heterocycles. The van der Waals surface area contributed by atoms with Gasteiger partial charge in [-0.05, 0) is 43.3 Å². The van der Waals surface area contributed by atoms with Crippen molar-refractivity contribution >= 4 is 23.6 Å². The number of nitrogens with zero attached hydrogens (tertiary/aromatic N) is 4. The van der Waals surface area contributed by atoms with Gasteiger partial charge in [-0.15, -0.1) is 0 Å². The second kappa shape index (κ2) is 9.88. The van der Waals surface area contributed by atoms with Gasteiger partial charge in [0.1, 0.15) is 10.8 Å². The third-order valence-corrected chi connectivity index (χ3v) is 6.39. The molecule has 3 aromatic rings. The number of aromatic nitrogens is 2. The number of amides is 2. The van der Waals surface area contributed by atoms with E-state index in [1.807, 2.05) is 6.07 Å². The van der Waals surface area contributed by atoms with E-state index in [0.717, 1.165) is 17.8 Å². The average molecular weight is 491 g/mol. The molecule has 34 heavy (non-hydrogen) atoms. The minimum atomic E-state index is -4.45. The monoisotopic (exact) mass is 490 g/mol. The smallest absolute Gasteiger partial charge is 0.361 e. The van der Waals surface area contributed by atoms with Gasteiger partial charge in [-0.1, -0.05) is 16.9 Å². The summed E-state index contributed by atoms with van der Waals surface area (Å²) >= 11 is 1.39. The van der Waals surface area contributed by atoms with Crippen LogP contribution in [0.25, 0.3) is 0 Å². The first-order chi connectivity index (χ1) is 16.2. The minimum absolute atomic E-state index is 0.182. The highest BCUT2D eigenvalue weighted by Crippen LogP contribution is 2.29. The standard InChI is InChI=1S/C23H21F3N4O3S/c1-15-13-18(28-33-15)14-34-20-19(3-2-8-27-20)22(32)30-11-9-29(10-12-30)21(31)16-4-6-17(7-5-16)23(24,25)26/h2-8,13H,9-12,14H2,1H3. The summed E-state index contributed by atoms with van der Waals surface area (Å²) < 4.78 is 43.3. The van der Waals surface area contributed by atoms with Crippen molar-refractivity contribution in [3.63, 3.8) is 0 Å². The van der Waals surface area contributed by atoms with Gasteiger partial charge in [0.15, 0.2) is 0 Å². The summed E-state index contributed by atoms with van der Waals surface area (Å²) in [6.45, 7) is 3.00. The Morgan fingerprint density at radius 3 is 2.26 bits per heavy atom. The fraction of sp³-hybridized carbons (Fsp3) is 0.304. The molecule has 1 aliphatic rings. The molecule has 1 aromatic carbocycles. The summed E-state index contributed by atoms with van der Waals surface area (Å²) in [5.41, 5.74) is 0.599. The maximum atomic E-state index is 13.1. The molecule has 3 heterocycles. The van der Waals surface area contributed by atoms with Crippen LogP contribution in [0.3, 0.4) is 0 Å². The Morgan fingerprint density at radius 1 is 1.03 bits per heavy atom. The Labute approximate surface area is 197 Å². The van der Waals surface area contributed by atoms with E-state index in [2.05, 4.69) is 10.1 Å². The van der Waals surface area contributed by atoms with Crippen LogP contribution in [-0.4, -0.2) is 57.9 Å². The molecule has 0 spiro atoms. The van der Waals surface area contributed by atoms with E-state index in [1.54, 1.807) is 30.2 Å². The van der Waals surface area contributed by atoms with Crippen molar-refractivity contribution in [3.05, 3.63) is 76.8 Å². The zero-order valence-corrected chi connectivity index (χ0v) is 19.0. The van der Waals surface area contributed by atoms with Gasteiger partial charge in [-0.25, -0.2) is 4.98 Å². The number of hydrogen-bond acceptors (Lipinski definition) is 6. The molecule has 1 aliphatic heterocycles. The average Bonchev–Trinajstić information content (AvgIpc) is 3.26. The lowest BCUT2D eigenvalue weighted by molar-refractivity contribution is -0.137. The number of thioether (sulfide) groups is 1. The number of pyridine rings is 1. The molecule has 0 radical (unpaired) electrons. The molecule has 0 atom stereocenters. The first-order valence-corrected chi connectivity index (χ1v) is 11.5. The lowest BCUT2D eigenvalue weighted by atomic mass is 10.1. The second-order valence-corrected chi connectivity index (χ2v) is 8.70. The van der Waals surface area contributed by atoms with E-state index in [4.69, 9.17) is 4.52 Å². The van der Waals surface area contributed by atoms with Gasteiger partial charge in [0.25, 0.3) is 11.8 Å². The maximum Gasteiger partial charge on any atom is 0.416 e. The number of piperazine rings is 1. The Morgan fingerprint density at radius 2 is 1.68 bits per heavy atom. The Hall–Kier alpha value is -3.34. The first kappa shape index (κ1) is 23.8. The van der Waals surface area contributed by atoms with Crippen LogP contribution in [0.5, 0.6) is 0 Å². The molecule has 0 aliphatic carbocycles. The number of halogens is 3. The topological polar surface area (TPSA) is 79.5 Å². The quantitative estimate of drug-likeness (QED) is 0.497. The molecular weight excluding hydrogens is 469 g/mol. The lowest BCUT2D eigenvalue weighted by Gasteiger charge is -2.35. The van der Waals surface area contributed by atoms with Crippen LogP contribution >= 0.6 is 11.8 Å². The number of carbonyl (C=O) groups excluding carboxylic acids is 2. The molecule has 4 rings (SSSR count). The molecule has 0 saturated carbocycles. The van der Waals surface area contributed by atoms with Crippen molar-refractivity contribution in [1.29, 1.82) is 0 Å². The minimum Gasteiger partial charge on any atom is -0.361 e. The normalized spacial score (nSPS) is 14.4. The lowest BCUT2D eigenvalue weighted by Crippen LogP contribution is -2.50. The van der Waals surface area contributed by atoms with Crippen LogP contribution in [0.4, 0.5) is 13.2 Å². The van der Waals surface area contributed by atoms with Crippen molar-refractivity contribution in [2.75, 3.05) is 26.2 Å². The first-order valence-electron chi connectivity index (χ1n) is 10.5. The van der Waals surface area contributed by atoms with Crippen LogP contribution in [-0.2, 0) is 11.9 Å². The number of aryl methyl sites for hydroxylation is 1. The molecule has 7 nitrogen and oxygen atoms in total. The summed E-state index contributed by atoms with van der Waals surface area (Å²) in [6.07, 6.45) is -2.83. The summed E-state index contributed by atoms with van der Waals surface area (Å²) in [5, 5.41) is 4.53. The summed E-state index contributed by atoms with van der Waals surface area (Å²) in [6, 6.07) is 9.39. The van der Waals surface area contributed by atoms with E-state index < -0.39 is 11.7 Å². The highest BCUT2D eigenvalue weighted by atomic mass is 32.2. The predicted octanol–water partition coefficient (Wildman–Crippen LogP) is 4.29. The fourth-order valence-corrected chi connectivity index (χ4v) is 4.43. The van der Waals surface area contributed by atoms with Gasteiger partial charge in [-0.2, -0.15) is 13.2 Å². The SMILES string of the molecule is Cc1cc(CSc2ncccc2C(=O)N2CCN(C(=O)c3ccc(C(F)(F)F)cc3)CC2)no1. The highest BCUT2D eigenvalue weighted by molar-refractivity contribution is 7.98. The second-order valence-electron chi connectivity index (χ2n) is 7.73. The zero-order chi connectivity index (χ0) is 24.3. The largest absolute Gasteiger partial charge is 0.416 e. The number of carbonyl (C=O) groups is 2. The number of hydrogen-bond donors (Lipinski definition) is 0. The van der Waals surface area contributed by atoms with E-state index in [-0.39, 0.29) is 30.5 Å². The van der Waals surface area contributed by atoms with Gasteiger partial charge in [0, 0.05) is 49.8 Å². The molecule has 1 fully saturated rings. The van der Waals surface area contributed by atoms with E-state index in [1.165, 1.54) is 28.8 Å². The van der Waals surface area contributed by atoms with Crippen molar-refractivity contribution in [3.8, 4) is 0 Å². The molecule has 178 valence electrons. The Bertz CT molecular complexity index is 1170. The van der Waals surface area contributed by atoms with E-state index in [9.17, 15) is 22.8 Å². The summed E-state index contributed by atoms with van der Waals surface area (Å²) in [5.74, 6) is 0.663. The van der Waals surface area contributed by atoms with Gasteiger partial charge in [-0.3, -0.25) is 9.59 Å². The van der Waals surface area contributed by atoms with Crippen LogP contribution < -0.4 is 0 Å².